The Hall–Kier alpha value is -1.38. The summed E-state index contributed by atoms with van der Waals surface area (Å²) < 4.78 is 7.52. The standard InChI is InChI=1S/C10H11N5O2S/c11-8-5-9(13-2-12-8)15(3-14-5)10-7-6(17-7)4(1-16)18-10/h2-4,6-7,10,16H,1H2,(H2,11,12,13)/t4-,6+,7+,10-/m1/s1. The fourth-order valence-electron chi connectivity index (χ4n) is 2.43. The maximum absolute atomic E-state index is 9.26. The fraction of sp³-hybridized carbons (Fsp3) is 0.500. The molecule has 18 heavy (non-hydrogen) atoms. The lowest BCUT2D eigenvalue weighted by Gasteiger charge is -2.15. The van der Waals surface area contributed by atoms with Gasteiger partial charge in [-0.05, 0) is 0 Å². The second-order valence-electron chi connectivity index (χ2n) is 4.40. The molecule has 0 radical (unpaired) electrons. The Labute approximate surface area is 106 Å². The summed E-state index contributed by atoms with van der Waals surface area (Å²) in [6.45, 7) is 0.131. The van der Waals surface area contributed by atoms with E-state index in [0.717, 1.165) is 0 Å². The highest BCUT2D eigenvalue weighted by Crippen LogP contribution is 2.54. The molecule has 3 N–H and O–H groups in total. The number of imidazole rings is 1. The van der Waals surface area contributed by atoms with Gasteiger partial charge in [-0.3, -0.25) is 4.57 Å². The zero-order chi connectivity index (χ0) is 12.3. The number of hydrogen-bond donors (Lipinski definition) is 2. The molecule has 0 saturated carbocycles. The predicted octanol–water partition coefficient (Wildman–Crippen LogP) is -0.218. The van der Waals surface area contributed by atoms with Crippen molar-refractivity contribution in [1.29, 1.82) is 0 Å². The van der Waals surface area contributed by atoms with Crippen molar-refractivity contribution in [2.75, 3.05) is 12.3 Å². The largest absolute Gasteiger partial charge is 0.395 e. The Morgan fingerprint density at radius 2 is 2.28 bits per heavy atom. The van der Waals surface area contributed by atoms with Crippen LogP contribution in [-0.2, 0) is 4.74 Å². The molecule has 0 unspecified atom stereocenters. The van der Waals surface area contributed by atoms with E-state index in [4.69, 9.17) is 10.5 Å². The van der Waals surface area contributed by atoms with Crippen LogP contribution in [-0.4, -0.2) is 48.7 Å². The number of hydrogen-bond acceptors (Lipinski definition) is 7. The van der Waals surface area contributed by atoms with E-state index in [9.17, 15) is 5.11 Å². The molecule has 8 heteroatoms. The van der Waals surface area contributed by atoms with Crippen LogP contribution < -0.4 is 5.73 Å². The highest BCUT2D eigenvalue weighted by atomic mass is 32.2. The molecule has 0 aliphatic carbocycles. The highest BCUT2D eigenvalue weighted by Gasteiger charge is 2.58. The number of nitrogens with two attached hydrogens (primary N) is 1. The van der Waals surface area contributed by atoms with Crippen molar-refractivity contribution in [2.24, 2.45) is 0 Å². The molecule has 2 aromatic heterocycles. The molecule has 7 nitrogen and oxygen atoms in total. The van der Waals surface area contributed by atoms with E-state index in [-0.39, 0.29) is 29.4 Å². The molecular weight excluding hydrogens is 254 g/mol. The molecule has 0 amide bonds. The second kappa shape index (κ2) is 3.56. The van der Waals surface area contributed by atoms with Crippen molar-refractivity contribution in [3.8, 4) is 0 Å². The van der Waals surface area contributed by atoms with Gasteiger partial charge in [-0.2, -0.15) is 0 Å². The van der Waals surface area contributed by atoms with Crippen LogP contribution >= 0.6 is 11.8 Å². The summed E-state index contributed by atoms with van der Waals surface area (Å²) in [6, 6.07) is 0. The van der Waals surface area contributed by atoms with Gasteiger partial charge < -0.3 is 15.6 Å². The summed E-state index contributed by atoms with van der Waals surface area (Å²) in [7, 11) is 0. The monoisotopic (exact) mass is 265 g/mol. The van der Waals surface area contributed by atoms with E-state index in [1.54, 1.807) is 18.1 Å². The molecule has 0 aromatic carbocycles. The van der Waals surface area contributed by atoms with Crippen LogP contribution in [0.2, 0.25) is 0 Å². The topological polar surface area (TPSA) is 102 Å². The predicted molar refractivity (Wildman–Crippen MR) is 65.9 cm³/mol. The number of fused-ring (bicyclic) bond motifs is 2. The number of aliphatic hydroxyl groups excluding tert-OH is 1. The smallest absolute Gasteiger partial charge is 0.166 e. The van der Waals surface area contributed by atoms with Crippen LogP contribution in [0.25, 0.3) is 11.2 Å². The Morgan fingerprint density at radius 3 is 3.06 bits per heavy atom. The number of epoxide rings is 1. The molecule has 4 atom stereocenters. The first-order valence-electron chi connectivity index (χ1n) is 5.64. The first-order chi connectivity index (χ1) is 8.79. The lowest BCUT2D eigenvalue weighted by atomic mass is 10.2. The first kappa shape index (κ1) is 10.5. The van der Waals surface area contributed by atoms with Crippen molar-refractivity contribution in [3.05, 3.63) is 12.7 Å². The first-order valence-corrected chi connectivity index (χ1v) is 6.58. The van der Waals surface area contributed by atoms with Crippen molar-refractivity contribution < 1.29 is 9.84 Å². The molecule has 94 valence electrons. The molecule has 2 fully saturated rings. The van der Waals surface area contributed by atoms with Crippen LogP contribution in [0.15, 0.2) is 12.7 Å². The Bertz CT molecular complexity index is 617. The summed E-state index contributed by atoms with van der Waals surface area (Å²) in [4.78, 5) is 12.4. The van der Waals surface area contributed by atoms with Gasteiger partial charge in [-0.15, -0.1) is 11.8 Å². The SMILES string of the molecule is Nc1ncnc2c1ncn2[C@@H]1S[C@H](CO)[C@@H]2O[C@@H]21. The maximum atomic E-state index is 9.26. The minimum Gasteiger partial charge on any atom is -0.395 e. The molecule has 0 bridgehead atoms. The van der Waals surface area contributed by atoms with Gasteiger partial charge in [0.25, 0.3) is 0 Å². The van der Waals surface area contributed by atoms with E-state index < -0.39 is 0 Å². The molecule has 4 heterocycles. The van der Waals surface area contributed by atoms with Crippen molar-refractivity contribution >= 4 is 28.7 Å². The molecule has 2 aliphatic rings. The van der Waals surface area contributed by atoms with Gasteiger partial charge in [0.15, 0.2) is 11.5 Å². The van der Waals surface area contributed by atoms with E-state index in [1.807, 2.05) is 4.57 Å². The van der Waals surface area contributed by atoms with Crippen LogP contribution in [0.1, 0.15) is 5.37 Å². The summed E-state index contributed by atoms with van der Waals surface area (Å²) in [5, 5.41) is 9.50. The number of nitrogen functional groups attached to an aromatic ring is 1. The third kappa shape index (κ3) is 1.30. The molecule has 2 saturated heterocycles. The average Bonchev–Trinajstić information content (AvgIpc) is 2.91. The van der Waals surface area contributed by atoms with E-state index in [2.05, 4.69) is 15.0 Å². The number of aromatic nitrogens is 4. The second-order valence-corrected chi connectivity index (χ2v) is 5.76. The maximum Gasteiger partial charge on any atom is 0.166 e. The van der Waals surface area contributed by atoms with E-state index >= 15 is 0 Å². The van der Waals surface area contributed by atoms with Gasteiger partial charge in [-0.25, -0.2) is 15.0 Å². The van der Waals surface area contributed by atoms with Crippen molar-refractivity contribution in [3.63, 3.8) is 0 Å². The Balaban J connectivity index is 1.78. The van der Waals surface area contributed by atoms with Gasteiger partial charge in [0.05, 0.1) is 18.2 Å². The molecule has 0 spiro atoms. The normalized spacial score (nSPS) is 33.8. The zero-order valence-electron chi connectivity index (χ0n) is 9.30. The average molecular weight is 265 g/mol. The van der Waals surface area contributed by atoms with Gasteiger partial charge in [0, 0.05) is 0 Å². The van der Waals surface area contributed by atoms with Crippen LogP contribution in [0.4, 0.5) is 5.82 Å². The number of aliphatic hydroxyl groups is 1. The minimum absolute atomic E-state index is 0.103. The highest BCUT2D eigenvalue weighted by molar-refractivity contribution is 8.00. The number of thioether (sulfide) groups is 1. The number of ether oxygens (including phenoxy) is 1. The summed E-state index contributed by atoms with van der Waals surface area (Å²) in [6.07, 6.45) is 3.44. The summed E-state index contributed by atoms with van der Waals surface area (Å²) in [5.74, 6) is 0.383. The number of anilines is 1. The molecular formula is C10H11N5O2S. The third-order valence-corrected chi connectivity index (χ3v) is 4.91. The van der Waals surface area contributed by atoms with Crippen molar-refractivity contribution in [1.82, 2.24) is 19.5 Å². The third-order valence-electron chi connectivity index (χ3n) is 3.36. The van der Waals surface area contributed by atoms with Gasteiger partial charge in [0.1, 0.15) is 29.4 Å². The van der Waals surface area contributed by atoms with Gasteiger partial charge in [0.2, 0.25) is 0 Å². The van der Waals surface area contributed by atoms with Gasteiger partial charge >= 0.3 is 0 Å². The molecule has 2 aliphatic heterocycles. The quantitative estimate of drug-likeness (QED) is 0.724. The zero-order valence-corrected chi connectivity index (χ0v) is 10.1. The summed E-state index contributed by atoms with van der Waals surface area (Å²) in [5.41, 5.74) is 7.09. The fourth-order valence-corrected chi connectivity index (χ4v) is 3.90. The van der Waals surface area contributed by atoms with E-state index in [0.29, 0.717) is 17.0 Å². The van der Waals surface area contributed by atoms with Crippen LogP contribution in [0, 0.1) is 0 Å². The molecule has 4 rings (SSSR count). The Morgan fingerprint density at radius 1 is 1.39 bits per heavy atom. The van der Waals surface area contributed by atoms with Crippen LogP contribution in [0.3, 0.4) is 0 Å². The van der Waals surface area contributed by atoms with Crippen molar-refractivity contribution in [2.45, 2.75) is 22.8 Å². The number of rotatable bonds is 2. The van der Waals surface area contributed by atoms with Gasteiger partial charge in [-0.1, -0.05) is 0 Å². The number of nitrogens with zero attached hydrogens (tertiary/aromatic N) is 4. The van der Waals surface area contributed by atoms with Crippen LogP contribution in [0.5, 0.6) is 0 Å². The molecule has 2 aromatic rings. The lowest BCUT2D eigenvalue weighted by Crippen LogP contribution is -2.13. The minimum atomic E-state index is 0.103. The Kier molecular flexibility index (Phi) is 2.08. The lowest BCUT2D eigenvalue weighted by molar-refractivity contribution is 0.262. The summed E-state index contributed by atoms with van der Waals surface area (Å²) >= 11 is 1.69. The van der Waals surface area contributed by atoms with E-state index in [1.165, 1.54) is 6.33 Å².